The highest BCUT2D eigenvalue weighted by molar-refractivity contribution is 6.46. The van der Waals surface area contributed by atoms with Gasteiger partial charge in [0.1, 0.15) is 18.1 Å². The molecule has 1 unspecified atom stereocenters. The van der Waals surface area contributed by atoms with Gasteiger partial charge in [-0.05, 0) is 42.0 Å². The number of carbonyl (C=O) groups is 2. The van der Waals surface area contributed by atoms with E-state index in [0.29, 0.717) is 40.7 Å². The highest BCUT2D eigenvalue weighted by Gasteiger charge is 2.46. The van der Waals surface area contributed by atoms with Gasteiger partial charge in [0.05, 0.1) is 39.6 Å². The molecule has 1 aliphatic heterocycles. The molecule has 35 heavy (non-hydrogen) atoms. The van der Waals surface area contributed by atoms with Gasteiger partial charge in [-0.15, -0.1) is 0 Å². The second-order valence-electron chi connectivity index (χ2n) is 7.57. The van der Waals surface area contributed by atoms with Crippen molar-refractivity contribution in [3.05, 3.63) is 65.8 Å². The maximum absolute atomic E-state index is 13.1. The molecule has 1 aliphatic rings. The molecule has 186 valence electrons. The second kappa shape index (κ2) is 11.4. The van der Waals surface area contributed by atoms with Crippen LogP contribution in [0.3, 0.4) is 0 Å². The Balaban J connectivity index is 2.18. The predicted octanol–water partition coefficient (Wildman–Crippen LogP) is 3.35. The van der Waals surface area contributed by atoms with E-state index in [0.717, 1.165) is 0 Å². The van der Waals surface area contributed by atoms with E-state index >= 15 is 0 Å². The summed E-state index contributed by atoms with van der Waals surface area (Å²) in [5.41, 5.74) is 0.806. The van der Waals surface area contributed by atoms with Crippen molar-refractivity contribution >= 4 is 17.4 Å². The van der Waals surface area contributed by atoms with Crippen LogP contribution in [-0.4, -0.2) is 69.9 Å². The maximum Gasteiger partial charge on any atom is 0.295 e. The van der Waals surface area contributed by atoms with Gasteiger partial charge in [0, 0.05) is 19.2 Å². The molecule has 0 aliphatic carbocycles. The van der Waals surface area contributed by atoms with Gasteiger partial charge in [-0.1, -0.05) is 12.7 Å². The Morgan fingerprint density at radius 3 is 2.17 bits per heavy atom. The molecule has 9 nitrogen and oxygen atoms in total. The van der Waals surface area contributed by atoms with Crippen LogP contribution in [0, 0.1) is 0 Å². The van der Waals surface area contributed by atoms with E-state index in [9.17, 15) is 14.7 Å². The molecule has 1 amide bonds. The van der Waals surface area contributed by atoms with E-state index < -0.39 is 17.7 Å². The Morgan fingerprint density at radius 2 is 1.66 bits per heavy atom. The lowest BCUT2D eigenvalue weighted by molar-refractivity contribution is -0.140. The van der Waals surface area contributed by atoms with Crippen LogP contribution in [0.1, 0.15) is 17.2 Å². The smallest absolute Gasteiger partial charge is 0.295 e. The molecular formula is C26H29NO8. The number of Topliss-reactive ketones (excluding diaryl/α,β-unsaturated/α-hetero) is 1. The molecule has 1 fully saturated rings. The van der Waals surface area contributed by atoms with Crippen LogP contribution >= 0.6 is 0 Å². The van der Waals surface area contributed by atoms with E-state index in [-0.39, 0.29) is 24.5 Å². The van der Waals surface area contributed by atoms with E-state index in [2.05, 4.69) is 6.58 Å². The van der Waals surface area contributed by atoms with Crippen LogP contribution in [0.15, 0.2) is 54.6 Å². The molecule has 1 saturated heterocycles. The van der Waals surface area contributed by atoms with Gasteiger partial charge in [-0.3, -0.25) is 9.59 Å². The number of hydrogen-bond donors (Lipinski definition) is 1. The Bertz CT molecular complexity index is 1100. The third kappa shape index (κ3) is 5.09. The third-order valence-electron chi connectivity index (χ3n) is 5.57. The van der Waals surface area contributed by atoms with Crippen molar-refractivity contribution in [3.63, 3.8) is 0 Å². The van der Waals surface area contributed by atoms with Crippen LogP contribution in [0.5, 0.6) is 23.0 Å². The number of likely N-dealkylation sites (tertiary alicyclic amines) is 1. The fraction of sp³-hybridized carbons (Fsp3) is 0.308. The maximum atomic E-state index is 13.1. The molecule has 2 aromatic carbocycles. The van der Waals surface area contributed by atoms with Crippen molar-refractivity contribution in [2.45, 2.75) is 6.04 Å². The SMILES string of the molecule is C=CCOc1ccc(/C(O)=C2/C(=O)C(=O)N(CCOC)C2c2cc(OC)c(OC)c(OC)c2)cc1. The first kappa shape index (κ1) is 25.6. The second-order valence-corrected chi connectivity index (χ2v) is 7.57. The van der Waals surface area contributed by atoms with Crippen molar-refractivity contribution in [2.24, 2.45) is 0 Å². The monoisotopic (exact) mass is 483 g/mol. The van der Waals surface area contributed by atoms with Gasteiger partial charge in [-0.25, -0.2) is 0 Å². The Kier molecular flexibility index (Phi) is 8.38. The average molecular weight is 484 g/mol. The fourth-order valence-corrected chi connectivity index (χ4v) is 3.93. The standard InChI is InChI=1S/C26H29NO8/c1-6-12-35-18-9-7-16(8-10-18)23(28)21-22(27(11-13-31-2)26(30)24(21)29)17-14-19(32-3)25(34-5)20(15-17)33-4/h6-10,14-15,22,28H,1,11-13H2,2-5H3/b23-21-. The molecule has 0 saturated carbocycles. The summed E-state index contributed by atoms with van der Waals surface area (Å²) in [6.07, 6.45) is 1.62. The minimum absolute atomic E-state index is 0.0554. The van der Waals surface area contributed by atoms with Crippen LogP contribution in [0.2, 0.25) is 0 Å². The summed E-state index contributed by atoms with van der Waals surface area (Å²) in [6, 6.07) is 8.94. The van der Waals surface area contributed by atoms with Crippen molar-refractivity contribution in [2.75, 3.05) is 48.2 Å². The lowest BCUT2D eigenvalue weighted by Crippen LogP contribution is -2.32. The number of rotatable bonds is 11. The number of nitrogens with zero attached hydrogens (tertiary/aromatic N) is 1. The van der Waals surface area contributed by atoms with E-state index in [1.165, 1.54) is 33.3 Å². The molecule has 3 rings (SSSR count). The minimum Gasteiger partial charge on any atom is -0.507 e. The zero-order valence-corrected chi connectivity index (χ0v) is 20.2. The third-order valence-corrected chi connectivity index (χ3v) is 5.57. The number of carbonyl (C=O) groups excluding carboxylic acids is 2. The average Bonchev–Trinajstić information content (AvgIpc) is 3.14. The van der Waals surface area contributed by atoms with Crippen LogP contribution < -0.4 is 18.9 Å². The number of benzene rings is 2. The Labute approximate surface area is 204 Å². The molecule has 1 N–H and O–H groups in total. The first-order valence-corrected chi connectivity index (χ1v) is 10.8. The number of aliphatic hydroxyl groups excluding tert-OH is 1. The molecular weight excluding hydrogens is 454 g/mol. The number of hydrogen-bond acceptors (Lipinski definition) is 8. The molecule has 9 heteroatoms. The number of aliphatic hydroxyl groups is 1. The quantitative estimate of drug-likeness (QED) is 0.225. The van der Waals surface area contributed by atoms with Gasteiger partial charge in [0.25, 0.3) is 11.7 Å². The van der Waals surface area contributed by atoms with Crippen molar-refractivity contribution in [3.8, 4) is 23.0 Å². The Hall–Kier alpha value is -3.98. The molecule has 1 heterocycles. The highest BCUT2D eigenvalue weighted by Crippen LogP contribution is 2.45. The zero-order chi connectivity index (χ0) is 25.5. The number of ether oxygens (including phenoxy) is 5. The van der Waals surface area contributed by atoms with Gasteiger partial charge < -0.3 is 33.7 Å². The van der Waals surface area contributed by atoms with Crippen LogP contribution in [0.25, 0.3) is 5.76 Å². The number of amides is 1. The summed E-state index contributed by atoms with van der Waals surface area (Å²) in [5.74, 6) is -0.216. The van der Waals surface area contributed by atoms with Gasteiger partial charge in [0.2, 0.25) is 5.75 Å². The van der Waals surface area contributed by atoms with Crippen molar-refractivity contribution < 1.29 is 38.4 Å². The van der Waals surface area contributed by atoms with Gasteiger partial charge in [0.15, 0.2) is 11.5 Å². The lowest BCUT2D eigenvalue weighted by Gasteiger charge is -2.26. The molecule has 0 spiro atoms. The first-order valence-electron chi connectivity index (χ1n) is 10.8. The van der Waals surface area contributed by atoms with Crippen molar-refractivity contribution in [1.29, 1.82) is 0 Å². The fourth-order valence-electron chi connectivity index (χ4n) is 3.93. The predicted molar refractivity (Wildman–Crippen MR) is 129 cm³/mol. The summed E-state index contributed by atoms with van der Waals surface area (Å²) in [4.78, 5) is 27.5. The normalized spacial score (nSPS) is 16.8. The lowest BCUT2D eigenvalue weighted by atomic mass is 9.94. The van der Waals surface area contributed by atoms with Crippen LogP contribution in [0.4, 0.5) is 0 Å². The highest BCUT2D eigenvalue weighted by atomic mass is 16.5. The summed E-state index contributed by atoms with van der Waals surface area (Å²) in [7, 11) is 5.92. The molecule has 2 aromatic rings. The Morgan fingerprint density at radius 1 is 1.03 bits per heavy atom. The zero-order valence-electron chi connectivity index (χ0n) is 20.2. The summed E-state index contributed by atoms with van der Waals surface area (Å²) in [6.45, 7) is 4.27. The van der Waals surface area contributed by atoms with E-state index in [4.69, 9.17) is 23.7 Å². The molecule has 1 atom stereocenters. The molecule has 0 aromatic heterocycles. The van der Waals surface area contributed by atoms with Gasteiger partial charge >= 0.3 is 0 Å². The number of ketones is 1. The van der Waals surface area contributed by atoms with Crippen LogP contribution in [-0.2, 0) is 14.3 Å². The summed E-state index contributed by atoms with van der Waals surface area (Å²) in [5, 5.41) is 11.2. The summed E-state index contributed by atoms with van der Waals surface area (Å²) >= 11 is 0. The van der Waals surface area contributed by atoms with Crippen molar-refractivity contribution in [1.82, 2.24) is 4.90 Å². The van der Waals surface area contributed by atoms with E-state index in [1.807, 2.05) is 0 Å². The topological polar surface area (TPSA) is 104 Å². The largest absolute Gasteiger partial charge is 0.507 e. The minimum atomic E-state index is -0.907. The van der Waals surface area contributed by atoms with E-state index in [1.54, 1.807) is 42.5 Å². The molecule has 0 radical (unpaired) electrons. The number of methoxy groups -OCH3 is 4. The van der Waals surface area contributed by atoms with Gasteiger partial charge in [-0.2, -0.15) is 0 Å². The molecule has 0 bridgehead atoms. The first-order chi connectivity index (χ1) is 16.9. The summed E-state index contributed by atoms with van der Waals surface area (Å²) < 4.78 is 26.9.